The second-order valence-corrected chi connectivity index (χ2v) is 14.6. The highest BCUT2D eigenvalue weighted by Crippen LogP contribution is 2.55. The molecule has 3 aliphatic heterocycles. The number of aryl methyl sites for hydroxylation is 1. The van der Waals surface area contributed by atoms with Gasteiger partial charge in [0.2, 0.25) is 0 Å². The molecule has 8 nitrogen and oxygen atoms in total. The fourth-order valence-corrected chi connectivity index (χ4v) is 8.28. The molecule has 1 aromatic heterocycles. The average Bonchev–Trinajstić information content (AvgIpc) is 3.60. The van der Waals surface area contributed by atoms with Crippen LogP contribution in [0.5, 0.6) is 11.8 Å². The topological polar surface area (TPSA) is 101 Å². The SMILES string of the molecule is CC(C)=C1CN2CCC[C@@]2(COc2nc3c4c(c(Cl)c(-c5c(F)c(N)cc(C)c5C(F)(F)F)c(F)c4n2)OCC(C2(C#N)CC2)CN3C)C1. The number of nitriles is 1. The van der Waals surface area contributed by atoms with Gasteiger partial charge in [0.1, 0.15) is 17.9 Å². The van der Waals surface area contributed by atoms with Crippen molar-refractivity contribution in [1.29, 1.82) is 5.26 Å². The minimum Gasteiger partial charge on any atom is -0.491 e. The van der Waals surface area contributed by atoms with E-state index in [0.717, 1.165) is 45.3 Å². The predicted octanol–water partition coefficient (Wildman–Crippen LogP) is 7.84. The van der Waals surface area contributed by atoms with Crippen molar-refractivity contribution >= 4 is 34.0 Å². The third-order valence-electron chi connectivity index (χ3n) is 10.9. The lowest BCUT2D eigenvalue weighted by Crippen LogP contribution is -2.43. The van der Waals surface area contributed by atoms with Crippen molar-refractivity contribution < 1.29 is 31.4 Å². The second-order valence-electron chi connectivity index (χ2n) is 14.2. The molecule has 7 rings (SSSR count). The number of ether oxygens (including phenoxy) is 2. The Kier molecular flexibility index (Phi) is 7.95. The molecule has 0 amide bonds. The van der Waals surface area contributed by atoms with Crippen LogP contribution in [0.2, 0.25) is 5.02 Å². The van der Waals surface area contributed by atoms with Gasteiger partial charge in [0.05, 0.1) is 45.3 Å². The average molecular weight is 703 g/mol. The number of allylic oxidation sites excluding steroid dienone is 1. The summed E-state index contributed by atoms with van der Waals surface area (Å²) in [6.45, 7) is 7.45. The van der Waals surface area contributed by atoms with Crippen molar-refractivity contribution in [1.82, 2.24) is 14.9 Å². The second kappa shape index (κ2) is 11.6. The lowest BCUT2D eigenvalue weighted by atomic mass is 9.89. The first-order chi connectivity index (χ1) is 23.1. The molecule has 3 fully saturated rings. The monoisotopic (exact) mass is 702 g/mol. The Morgan fingerprint density at radius 3 is 2.57 bits per heavy atom. The Balaban J connectivity index is 1.44. The van der Waals surface area contributed by atoms with Crippen LogP contribution >= 0.6 is 11.6 Å². The van der Waals surface area contributed by atoms with E-state index in [-0.39, 0.29) is 47.6 Å². The maximum atomic E-state index is 17.0. The van der Waals surface area contributed by atoms with Crippen LogP contribution in [0.4, 0.5) is 33.5 Å². The summed E-state index contributed by atoms with van der Waals surface area (Å²) in [5.41, 5.74) is 2.50. The molecule has 1 saturated carbocycles. The molecule has 14 heteroatoms. The number of rotatable bonds is 5. The summed E-state index contributed by atoms with van der Waals surface area (Å²) < 4.78 is 88.9. The van der Waals surface area contributed by atoms with E-state index in [0.29, 0.717) is 19.4 Å². The number of benzene rings is 2. The summed E-state index contributed by atoms with van der Waals surface area (Å²) in [6, 6.07) is 3.04. The van der Waals surface area contributed by atoms with E-state index in [2.05, 4.69) is 34.8 Å². The zero-order valence-corrected chi connectivity index (χ0v) is 28.4. The van der Waals surface area contributed by atoms with Crippen molar-refractivity contribution in [3.8, 4) is 29.0 Å². The van der Waals surface area contributed by atoms with Crippen LogP contribution in [-0.4, -0.2) is 60.3 Å². The van der Waals surface area contributed by atoms with Gasteiger partial charge >= 0.3 is 12.2 Å². The highest BCUT2D eigenvalue weighted by atomic mass is 35.5. The number of alkyl halides is 3. The standard InChI is InChI=1S/C35H36ClF5N6O2/c1-17(2)19-11-34(6-5-9-47(34)12-19)16-49-32-44-29-24-30(48-14-20(33(15-42)7-8-33)13-46(4)31(24)45-32)26(36)23(28(29)38)22-25(35(39,40)41)18(3)10-21(43)27(22)37/h10,20H,5-9,11-14,16,43H2,1-4H3/t20?,34-/m0/s1. The molecule has 0 bridgehead atoms. The summed E-state index contributed by atoms with van der Waals surface area (Å²) in [4.78, 5) is 13.2. The molecule has 4 heterocycles. The number of nitrogens with two attached hydrogens (primary N) is 1. The first kappa shape index (κ1) is 33.6. The van der Waals surface area contributed by atoms with Gasteiger partial charge in [-0.1, -0.05) is 22.7 Å². The lowest BCUT2D eigenvalue weighted by Gasteiger charge is -2.33. The maximum absolute atomic E-state index is 17.0. The Hall–Kier alpha value is -3.89. The van der Waals surface area contributed by atoms with Crippen molar-refractivity contribution in [2.24, 2.45) is 11.3 Å². The van der Waals surface area contributed by atoms with Crippen LogP contribution in [0.1, 0.15) is 57.1 Å². The summed E-state index contributed by atoms with van der Waals surface area (Å²) in [7, 11) is 1.72. The maximum Gasteiger partial charge on any atom is 0.417 e. The van der Waals surface area contributed by atoms with Gasteiger partial charge in [-0.15, -0.1) is 0 Å². The third-order valence-corrected chi connectivity index (χ3v) is 11.2. The predicted molar refractivity (Wildman–Crippen MR) is 176 cm³/mol. The molecule has 2 atom stereocenters. The van der Waals surface area contributed by atoms with Gasteiger partial charge in [0, 0.05) is 37.2 Å². The first-order valence-electron chi connectivity index (χ1n) is 16.3. The third kappa shape index (κ3) is 5.33. The quantitative estimate of drug-likeness (QED) is 0.163. The molecule has 2 saturated heterocycles. The molecule has 4 aliphatic rings. The van der Waals surface area contributed by atoms with Crippen molar-refractivity contribution in [2.45, 2.75) is 64.6 Å². The van der Waals surface area contributed by atoms with Gasteiger partial charge in [-0.25, -0.2) is 8.78 Å². The Morgan fingerprint density at radius 1 is 1.18 bits per heavy atom. The smallest absolute Gasteiger partial charge is 0.417 e. The highest BCUT2D eigenvalue weighted by Gasteiger charge is 2.52. The fraction of sp³-hybridized carbons (Fsp3) is 0.514. The summed E-state index contributed by atoms with van der Waals surface area (Å²) >= 11 is 6.78. The minimum atomic E-state index is -5.09. The highest BCUT2D eigenvalue weighted by molar-refractivity contribution is 6.36. The van der Waals surface area contributed by atoms with Crippen molar-refractivity contribution in [3.05, 3.63) is 45.0 Å². The fourth-order valence-electron chi connectivity index (χ4n) is 7.96. The van der Waals surface area contributed by atoms with Crippen LogP contribution in [0.25, 0.3) is 22.0 Å². The lowest BCUT2D eigenvalue weighted by molar-refractivity contribution is -0.137. The molecule has 1 aliphatic carbocycles. The molecular weight excluding hydrogens is 667 g/mol. The van der Waals surface area contributed by atoms with Gasteiger partial charge in [-0.3, -0.25) is 4.90 Å². The summed E-state index contributed by atoms with van der Waals surface area (Å²) in [5, 5.41) is 9.43. The van der Waals surface area contributed by atoms with Crippen LogP contribution in [0.15, 0.2) is 17.2 Å². The van der Waals surface area contributed by atoms with E-state index in [1.165, 1.54) is 11.1 Å². The number of hydrogen-bond donors (Lipinski definition) is 1. The van der Waals surface area contributed by atoms with Crippen LogP contribution in [-0.2, 0) is 6.18 Å². The number of fused-ring (bicyclic) bond motifs is 1. The van der Waals surface area contributed by atoms with Gasteiger partial charge < -0.3 is 20.1 Å². The molecule has 0 spiro atoms. The van der Waals surface area contributed by atoms with Gasteiger partial charge in [0.25, 0.3) is 0 Å². The Labute approximate surface area is 285 Å². The number of hydrogen-bond acceptors (Lipinski definition) is 8. The van der Waals surface area contributed by atoms with Crippen LogP contribution in [0.3, 0.4) is 0 Å². The molecule has 2 aromatic carbocycles. The number of nitrogens with zero attached hydrogens (tertiary/aromatic N) is 5. The van der Waals surface area contributed by atoms with E-state index in [1.54, 1.807) is 11.9 Å². The minimum absolute atomic E-state index is 0.00398. The number of aromatic nitrogens is 2. The van der Waals surface area contributed by atoms with Gasteiger partial charge in [-0.2, -0.15) is 28.4 Å². The van der Waals surface area contributed by atoms with Crippen LogP contribution in [0, 0.1) is 41.2 Å². The number of nitrogen functional groups attached to an aromatic ring is 1. The zero-order valence-electron chi connectivity index (χ0n) is 27.6. The van der Waals surface area contributed by atoms with E-state index < -0.39 is 61.7 Å². The van der Waals surface area contributed by atoms with E-state index in [9.17, 15) is 18.4 Å². The number of halogens is 6. The molecular formula is C35H36ClF5N6O2. The van der Waals surface area contributed by atoms with Crippen molar-refractivity contribution in [2.75, 3.05) is 50.5 Å². The van der Waals surface area contributed by atoms with E-state index in [1.807, 2.05) is 0 Å². The van der Waals surface area contributed by atoms with Gasteiger partial charge in [-0.05, 0) is 71.0 Å². The Bertz CT molecular complexity index is 1970. The van der Waals surface area contributed by atoms with Gasteiger partial charge in [0.15, 0.2) is 17.4 Å². The van der Waals surface area contributed by atoms with E-state index >= 15 is 8.78 Å². The summed E-state index contributed by atoms with van der Waals surface area (Å²) in [6.07, 6.45) is -1.15. The Morgan fingerprint density at radius 2 is 1.92 bits per heavy atom. The molecule has 260 valence electrons. The van der Waals surface area contributed by atoms with E-state index in [4.69, 9.17) is 26.8 Å². The molecule has 3 aromatic rings. The molecule has 0 radical (unpaired) electrons. The zero-order chi connectivity index (χ0) is 35.2. The number of anilines is 2. The first-order valence-corrected chi connectivity index (χ1v) is 16.7. The van der Waals surface area contributed by atoms with Crippen LogP contribution < -0.4 is 20.1 Å². The summed E-state index contributed by atoms with van der Waals surface area (Å²) in [5.74, 6) is -3.17. The largest absolute Gasteiger partial charge is 0.491 e. The molecule has 2 N–H and O–H groups in total. The van der Waals surface area contributed by atoms with Crippen molar-refractivity contribution in [3.63, 3.8) is 0 Å². The molecule has 1 unspecified atom stereocenters. The normalized spacial score (nSPS) is 23.2. The molecule has 49 heavy (non-hydrogen) atoms.